The number of benzene rings is 7. The van der Waals surface area contributed by atoms with Crippen LogP contribution in [0.15, 0.2) is 146 Å². The highest BCUT2D eigenvalue weighted by Gasteiger charge is 2.61. The molecule has 2 bridgehead atoms. The second-order valence-electron chi connectivity index (χ2n) is 19.1. The summed E-state index contributed by atoms with van der Waals surface area (Å²) in [4.78, 5) is 54.3. The molecular formula is C56H40N2O10. The quantitative estimate of drug-likeness (QED) is 0.162. The van der Waals surface area contributed by atoms with Crippen LogP contribution in [-0.4, -0.2) is 19.3 Å². The third-order valence-corrected chi connectivity index (χ3v) is 15.1. The Kier molecular flexibility index (Phi) is 7.73. The van der Waals surface area contributed by atoms with Gasteiger partial charge in [-0.3, -0.25) is 23.7 Å². The van der Waals surface area contributed by atoms with Crippen LogP contribution in [0.25, 0.3) is 83.0 Å². The first kappa shape index (κ1) is 39.9. The Hall–Kier alpha value is -8.38. The summed E-state index contributed by atoms with van der Waals surface area (Å²) in [7, 11) is 1.46. The van der Waals surface area contributed by atoms with Gasteiger partial charge in [0, 0.05) is 17.9 Å². The molecule has 3 aliphatic rings. The first-order valence-corrected chi connectivity index (χ1v) is 22.5. The maximum atomic E-state index is 14.1. The number of aryl methyl sites for hydroxylation is 1. The van der Waals surface area contributed by atoms with E-state index >= 15 is 0 Å². The number of nitrogens with zero attached hydrogens (tertiary/aromatic N) is 2. The predicted molar refractivity (Wildman–Crippen MR) is 260 cm³/mol. The number of hydrogen-bond donors (Lipinski definition) is 2. The van der Waals surface area contributed by atoms with Crippen LogP contribution in [0.3, 0.4) is 0 Å². The molecule has 334 valence electrons. The lowest BCUT2D eigenvalue weighted by molar-refractivity contribution is 0.325. The molecule has 0 spiro atoms. The lowest BCUT2D eigenvalue weighted by Gasteiger charge is -2.59. The van der Waals surface area contributed by atoms with Crippen molar-refractivity contribution < 1.29 is 27.9 Å². The summed E-state index contributed by atoms with van der Waals surface area (Å²) in [5.41, 5.74) is 7.92. The molecule has 68 heavy (non-hydrogen) atoms. The largest absolute Gasteiger partial charge is 0.508 e. The molecule has 12 heteroatoms. The molecule has 0 saturated carbocycles. The van der Waals surface area contributed by atoms with E-state index in [1.807, 2.05) is 6.07 Å². The molecule has 2 unspecified atom stereocenters. The van der Waals surface area contributed by atoms with Crippen molar-refractivity contribution >= 4 is 66.2 Å². The van der Waals surface area contributed by atoms with Gasteiger partial charge in [-0.15, -0.1) is 0 Å². The number of aromatic nitrogens is 2. The summed E-state index contributed by atoms with van der Waals surface area (Å²) >= 11 is 0. The maximum Gasteiger partial charge on any atom is 0.266 e. The molecule has 7 aromatic carbocycles. The van der Waals surface area contributed by atoms with Crippen molar-refractivity contribution in [2.24, 2.45) is 18.9 Å². The molecule has 3 aliphatic carbocycles. The monoisotopic (exact) mass is 900 g/mol. The molecule has 0 amide bonds. The fourth-order valence-electron chi connectivity index (χ4n) is 12.0. The number of fused-ring (bicyclic) bond motifs is 6. The molecule has 4 aromatic heterocycles. The van der Waals surface area contributed by atoms with Crippen LogP contribution < -0.4 is 22.2 Å². The summed E-state index contributed by atoms with van der Waals surface area (Å²) < 4.78 is 28.7. The Bertz CT molecular complexity index is 4160. The van der Waals surface area contributed by atoms with Gasteiger partial charge in [0.2, 0.25) is 0 Å². The highest BCUT2D eigenvalue weighted by molar-refractivity contribution is 5.97. The number of phenols is 2. The third kappa shape index (κ3) is 4.78. The van der Waals surface area contributed by atoms with E-state index in [-0.39, 0.29) is 61.7 Å². The highest BCUT2D eigenvalue weighted by Crippen LogP contribution is 2.67. The minimum Gasteiger partial charge on any atom is -0.508 e. The van der Waals surface area contributed by atoms with Gasteiger partial charge in [-0.1, -0.05) is 70.2 Å². The van der Waals surface area contributed by atoms with E-state index in [2.05, 4.69) is 76.2 Å². The van der Waals surface area contributed by atoms with Gasteiger partial charge < -0.3 is 27.9 Å². The zero-order chi connectivity index (χ0) is 47.0. The van der Waals surface area contributed by atoms with Crippen LogP contribution >= 0.6 is 0 Å². The topological polar surface area (TPSA) is 171 Å². The third-order valence-electron chi connectivity index (χ3n) is 15.1. The molecule has 14 rings (SSSR count). The van der Waals surface area contributed by atoms with Crippen molar-refractivity contribution in [3.05, 3.63) is 190 Å². The first-order valence-electron chi connectivity index (χ1n) is 22.5. The minimum absolute atomic E-state index is 0.0164. The zero-order valence-electron chi connectivity index (χ0n) is 37.6. The second-order valence-corrected chi connectivity index (χ2v) is 19.1. The number of rotatable bonds is 4. The molecule has 11 aromatic rings. The fraction of sp³-hybridized carbons (Fsp3) is 0.179. The van der Waals surface area contributed by atoms with Crippen molar-refractivity contribution in [2.75, 3.05) is 0 Å². The molecule has 0 saturated heterocycles. The van der Waals surface area contributed by atoms with E-state index in [0.717, 1.165) is 42.5 Å². The predicted octanol–water partition coefficient (Wildman–Crippen LogP) is 10.5. The van der Waals surface area contributed by atoms with Gasteiger partial charge >= 0.3 is 0 Å². The summed E-state index contributed by atoms with van der Waals surface area (Å²) in [5.74, 6) is -0.218. The SMILES string of the molecule is Cc1ccc(-c2ccc(-n3c(=O)c4cc5oc6cc7c(cc6oc5cc4c3=O)C3(C(C)C)c4ccccc4C7(C(C)C)c4cc5oc6cc7c(=O)n(C)c(=O)c7cc6oc5cc43)c(O)c2)cc1O. The van der Waals surface area contributed by atoms with Crippen molar-refractivity contribution in [3.63, 3.8) is 0 Å². The Morgan fingerprint density at radius 2 is 0.794 bits per heavy atom. The smallest absolute Gasteiger partial charge is 0.266 e. The van der Waals surface area contributed by atoms with Crippen LogP contribution in [0.5, 0.6) is 11.5 Å². The minimum atomic E-state index is -0.740. The van der Waals surface area contributed by atoms with Crippen molar-refractivity contribution in [1.29, 1.82) is 0 Å². The molecule has 2 atom stereocenters. The van der Waals surface area contributed by atoms with Gasteiger partial charge in [-0.2, -0.15) is 0 Å². The van der Waals surface area contributed by atoms with E-state index in [4.69, 9.17) is 17.7 Å². The number of aromatic hydroxyl groups is 2. The van der Waals surface area contributed by atoms with Crippen LogP contribution in [0, 0.1) is 18.8 Å². The summed E-state index contributed by atoms with van der Waals surface area (Å²) in [6.45, 7) is 10.6. The first-order chi connectivity index (χ1) is 32.6. The van der Waals surface area contributed by atoms with Crippen LogP contribution in [-0.2, 0) is 17.9 Å². The Balaban J connectivity index is 1.04. The number of hydrogen-bond acceptors (Lipinski definition) is 10. The molecule has 0 fully saturated rings. The standard InChI is InChI=1S/C56H40N2O10/c1-25(2)55-34-9-7-8-10-35(34)56(26(3)4,37-22-48-47(21-36(37)55)65-43-17-30-31(18-44(43)66-48)52(62)57(6)51(30)61)39-24-50-49(23-38(39)55)67-45-19-32-33(20-46(45)68-50)54(64)58(53(32)63)40-14-13-29(16-42(40)60)28-12-11-27(5)41(59)15-28/h7-26,59-60H,1-6H3. The summed E-state index contributed by atoms with van der Waals surface area (Å²) in [5, 5.41) is 22.3. The van der Waals surface area contributed by atoms with Gasteiger partial charge in [-0.25, -0.2) is 4.57 Å². The normalized spacial score (nSPS) is 17.4. The van der Waals surface area contributed by atoms with Gasteiger partial charge in [-0.05, 0) is 136 Å². The second kappa shape index (κ2) is 13.2. The molecule has 2 N–H and O–H groups in total. The van der Waals surface area contributed by atoms with Crippen molar-refractivity contribution in [2.45, 2.75) is 45.4 Å². The molecular weight excluding hydrogens is 861 g/mol. The molecule has 12 nitrogen and oxygen atoms in total. The molecule has 4 heterocycles. The van der Waals surface area contributed by atoms with Crippen molar-refractivity contribution in [1.82, 2.24) is 9.13 Å². The van der Waals surface area contributed by atoms with E-state index in [0.29, 0.717) is 50.2 Å². The van der Waals surface area contributed by atoms with Gasteiger partial charge in [0.25, 0.3) is 22.2 Å². The Morgan fingerprint density at radius 1 is 0.441 bits per heavy atom. The molecule has 0 aliphatic heterocycles. The lowest BCUT2D eigenvalue weighted by Crippen LogP contribution is -2.55. The lowest BCUT2D eigenvalue weighted by atomic mass is 9.42. The van der Waals surface area contributed by atoms with E-state index < -0.39 is 33.1 Å². The van der Waals surface area contributed by atoms with E-state index in [1.54, 1.807) is 37.3 Å². The van der Waals surface area contributed by atoms with Crippen LogP contribution in [0.2, 0.25) is 0 Å². The Morgan fingerprint density at radius 3 is 1.16 bits per heavy atom. The fourth-order valence-corrected chi connectivity index (χ4v) is 12.0. The van der Waals surface area contributed by atoms with Crippen LogP contribution in [0.4, 0.5) is 0 Å². The average Bonchev–Trinajstić information content (AvgIpc) is 3.68. The van der Waals surface area contributed by atoms with Gasteiger partial charge in [0.15, 0.2) is 44.7 Å². The average molecular weight is 901 g/mol. The van der Waals surface area contributed by atoms with Crippen molar-refractivity contribution in [3.8, 4) is 28.3 Å². The molecule has 0 radical (unpaired) electrons. The Labute approximate surface area is 384 Å². The van der Waals surface area contributed by atoms with Crippen LogP contribution in [0.1, 0.15) is 66.6 Å². The number of phenolic OH excluding ortho intramolecular Hbond substituents is 2. The van der Waals surface area contributed by atoms with Gasteiger partial charge in [0.05, 0.1) is 27.2 Å². The van der Waals surface area contributed by atoms with E-state index in [9.17, 15) is 29.4 Å². The summed E-state index contributed by atoms with van der Waals surface area (Å²) in [6.07, 6.45) is 0. The van der Waals surface area contributed by atoms with Gasteiger partial charge in [0.1, 0.15) is 11.5 Å². The highest BCUT2D eigenvalue weighted by atomic mass is 16.4. The maximum absolute atomic E-state index is 14.1. The summed E-state index contributed by atoms with van der Waals surface area (Å²) in [6, 6.07) is 32.8. The van der Waals surface area contributed by atoms with E-state index in [1.165, 1.54) is 31.3 Å². The zero-order valence-corrected chi connectivity index (χ0v) is 37.6.